The van der Waals surface area contributed by atoms with Crippen LogP contribution >= 0.6 is 0 Å². The van der Waals surface area contributed by atoms with Gasteiger partial charge in [-0.3, -0.25) is 19.4 Å². The van der Waals surface area contributed by atoms with Crippen LogP contribution in [0.5, 0.6) is 0 Å². The fourth-order valence-electron chi connectivity index (χ4n) is 3.84. The molecular formula is C22H25N3O4. The molecule has 4 rings (SSSR count). The molecule has 1 unspecified atom stereocenters. The highest BCUT2D eigenvalue weighted by Gasteiger charge is 2.32. The summed E-state index contributed by atoms with van der Waals surface area (Å²) in [6, 6.07) is 11.1. The Kier molecular flexibility index (Phi) is 5.51. The Morgan fingerprint density at radius 3 is 2.55 bits per heavy atom. The maximum absolute atomic E-state index is 12.6. The molecule has 2 amide bonds. The van der Waals surface area contributed by atoms with Gasteiger partial charge >= 0.3 is 0 Å². The first-order chi connectivity index (χ1) is 14.0. The van der Waals surface area contributed by atoms with Gasteiger partial charge in [0, 0.05) is 36.5 Å². The highest BCUT2D eigenvalue weighted by atomic mass is 16.5. The van der Waals surface area contributed by atoms with Crippen LogP contribution in [0.1, 0.15) is 33.5 Å². The predicted octanol–water partition coefficient (Wildman–Crippen LogP) is 2.20. The van der Waals surface area contributed by atoms with Gasteiger partial charge in [0.15, 0.2) is 0 Å². The highest BCUT2D eigenvalue weighted by Crippen LogP contribution is 2.30. The van der Waals surface area contributed by atoms with E-state index in [9.17, 15) is 9.59 Å². The molecule has 0 spiro atoms. The molecule has 3 heterocycles. The summed E-state index contributed by atoms with van der Waals surface area (Å²) in [5, 5.41) is 2.97. The first kappa shape index (κ1) is 19.4. The zero-order chi connectivity index (χ0) is 20.4. The van der Waals surface area contributed by atoms with Crippen LogP contribution in [0, 0.1) is 6.92 Å². The monoisotopic (exact) mass is 395 g/mol. The van der Waals surface area contributed by atoms with Crippen molar-refractivity contribution in [3.05, 3.63) is 65.6 Å². The van der Waals surface area contributed by atoms with Crippen molar-refractivity contribution in [2.75, 3.05) is 39.4 Å². The molecule has 1 saturated heterocycles. The summed E-state index contributed by atoms with van der Waals surface area (Å²) in [5.41, 5.74) is 1.93. The molecule has 29 heavy (non-hydrogen) atoms. The summed E-state index contributed by atoms with van der Waals surface area (Å²) in [4.78, 5) is 28.9. The maximum Gasteiger partial charge on any atom is 0.259 e. The van der Waals surface area contributed by atoms with Crippen LogP contribution in [0.2, 0.25) is 0 Å². The summed E-state index contributed by atoms with van der Waals surface area (Å²) in [7, 11) is 0. The lowest BCUT2D eigenvalue weighted by molar-refractivity contribution is -0.121. The molecule has 2 aliphatic rings. The van der Waals surface area contributed by atoms with Crippen LogP contribution in [-0.4, -0.2) is 61.0 Å². The van der Waals surface area contributed by atoms with Gasteiger partial charge < -0.3 is 14.5 Å². The van der Waals surface area contributed by atoms with E-state index < -0.39 is 0 Å². The number of carbonyl (C=O) groups excluding carboxylic acids is 2. The molecule has 152 valence electrons. The molecule has 1 atom stereocenters. The van der Waals surface area contributed by atoms with Crippen molar-refractivity contribution in [1.82, 2.24) is 15.1 Å². The molecule has 7 nitrogen and oxygen atoms in total. The second kappa shape index (κ2) is 8.23. The largest absolute Gasteiger partial charge is 0.465 e. The Balaban J connectivity index is 1.41. The molecular weight excluding hydrogens is 370 g/mol. The lowest BCUT2D eigenvalue weighted by atomic mass is 10.1. The van der Waals surface area contributed by atoms with Crippen molar-refractivity contribution >= 4 is 17.5 Å². The van der Waals surface area contributed by atoms with E-state index in [2.05, 4.69) is 16.8 Å². The molecule has 2 aromatic rings. The summed E-state index contributed by atoms with van der Waals surface area (Å²) in [6.45, 7) is 9.09. The second-order valence-electron chi connectivity index (χ2n) is 7.30. The van der Waals surface area contributed by atoms with Crippen LogP contribution in [0.15, 0.2) is 47.4 Å². The van der Waals surface area contributed by atoms with Gasteiger partial charge in [0.2, 0.25) is 5.91 Å². The molecule has 0 bridgehead atoms. The number of aryl methyl sites for hydroxylation is 1. The third-order valence-corrected chi connectivity index (χ3v) is 5.41. The van der Waals surface area contributed by atoms with E-state index in [1.165, 1.54) is 4.90 Å². The zero-order valence-electron chi connectivity index (χ0n) is 16.5. The normalized spacial score (nSPS) is 18.0. The van der Waals surface area contributed by atoms with Crippen LogP contribution in [0.4, 0.5) is 0 Å². The SMILES string of the molecule is C=C1c2ccccc2C(=O)N1CC(=O)NCC(c1ccc(C)o1)N1CCOCC1. The Hall–Kier alpha value is -2.90. The first-order valence-electron chi connectivity index (χ1n) is 9.79. The fourth-order valence-corrected chi connectivity index (χ4v) is 3.84. The van der Waals surface area contributed by atoms with E-state index >= 15 is 0 Å². The van der Waals surface area contributed by atoms with E-state index in [0.29, 0.717) is 31.0 Å². The number of amides is 2. The van der Waals surface area contributed by atoms with Crippen molar-refractivity contribution in [2.24, 2.45) is 0 Å². The number of rotatable bonds is 6. The van der Waals surface area contributed by atoms with E-state index in [0.717, 1.165) is 30.2 Å². The molecule has 0 radical (unpaired) electrons. The lowest BCUT2D eigenvalue weighted by Gasteiger charge is -2.33. The van der Waals surface area contributed by atoms with Gasteiger partial charge in [-0.25, -0.2) is 0 Å². The molecule has 1 aromatic carbocycles. The van der Waals surface area contributed by atoms with Gasteiger partial charge in [-0.05, 0) is 25.1 Å². The number of hydrogen-bond donors (Lipinski definition) is 1. The molecule has 1 N–H and O–H groups in total. The number of ether oxygens (including phenoxy) is 1. The highest BCUT2D eigenvalue weighted by molar-refractivity contribution is 6.10. The minimum atomic E-state index is -0.228. The third-order valence-electron chi connectivity index (χ3n) is 5.41. The molecule has 0 saturated carbocycles. The number of furan rings is 1. The number of nitrogens with zero attached hydrogens (tertiary/aromatic N) is 2. The van der Waals surface area contributed by atoms with Crippen LogP contribution in [0.25, 0.3) is 5.70 Å². The van der Waals surface area contributed by atoms with Gasteiger partial charge in [-0.1, -0.05) is 24.8 Å². The number of benzene rings is 1. The predicted molar refractivity (Wildman–Crippen MR) is 108 cm³/mol. The van der Waals surface area contributed by atoms with Crippen molar-refractivity contribution in [3.8, 4) is 0 Å². The maximum atomic E-state index is 12.6. The molecule has 7 heteroatoms. The zero-order valence-corrected chi connectivity index (χ0v) is 16.5. The third kappa shape index (κ3) is 3.97. The van der Waals surface area contributed by atoms with Gasteiger partial charge in [-0.2, -0.15) is 0 Å². The lowest BCUT2D eigenvalue weighted by Crippen LogP contribution is -2.45. The van der Waals surface area contributed by atoms with Gasteiger partial charge in [0.25, 0.3) is 5.91 Å². The van der Waals surface area contributed by atoms with E-state index in [4.69, 9.17) is 9.15 Å². The average molecular weight is 395 g/mol. The van der Waals surface area contributed by atoms with Crippen LogP contribution in [0.3, 0.4) is 0 Å². The number of carbonyl (C=O) groups is 2. The number of nitrogens with one attached hydrogen (secondary N) is 1. The second-order valence-corrected chi connectivity index (χ2v) is 7.30. The smallest absolute Gasteiger partial charge is 0.259 e. The van der Waals surface area contributed by atoms with Crippen molar-refractivity contribution in [1.29, 1.82) is 0 Å². The van der Waals surface area contributed by atoms with E-state index in [1.807, 2.05) is 37.3 Å². The molecule has 0 aliphatic carbocycles. The fraction of sp³-hybridized carbons (Fsp3) is 0.364. The summed E-state index contributed by atoms with van der Waals surface area (Å²) < 4.78 is 11.3. The van der Waals surface area contributed by atoms with Gasteiger partial charge in [0.05, 0.1) is 19.3 Å². The van der Waals surface area contributed by atoms with Gasteiger partial charge in [-0.15, -0.1) is 0 Å². The summed E-state index contributed by atoms with van der Waals surface area (Å²) in [6.07, 6.45) is 0. The topological polar surface area (TPSA) is 75.0 Å². The van der Waals surface area contributed by atoms with Crippen LogP contribution < -0.4 is 5.32 Å². The minimum absolute atomic E-state index is 0.0562. The Bertz CT molecular complexity index is 895. The van der Waals surface area contributed by atoms with Crippen LogP contribution in [-0.2, 0) is 9.53 Å². The number of morpholine rings is 1. The Labute approximate surface area is 169 Å². The van der Waals surface area contributed by atoms with Gasteiger partial charge in [0.1, 0.15) is 18.1 Å². The van der Waals surface area contributed by atoms with E-state index in [-0.39, 0.29) is 24.4 Å². The number of hydrogen-bond acceptors (Lipinski definition) is 5. The minimum Gasteiger partial charge on any atom is -0.465 e. The van der Waals surface area contributed by atoms with Crippen molar-refractivity contribution < 1.29 is 18.7 Å². The molecule has 1 fully saturated rings. The average Bonchev–Trinajstić information content (AvgIpc) is 3.26. The summed E-state index contributed by atoms with van der Waals surface area (Å²) >= 11 is 0. The standard InChI is InChI=1S/C22H25N3O4/c1-15-7-8-20(29-15)19(24-9-11-28-12-10-24)13-23-21(26)14-25-16(2)17-5-3-4-6-18(17)22(25)27/h3-8,19H,2,9-14H2,1H3,(H,23,26). The van der Waals surface area contributed by atoms with Crippen molar-refractivity contribution in [2.45, 2.75) is 13.0 Å². The molecule has 1 aromatic heterocycles. The Morgan fingerprint density at radius 1 is 1.17 bits per heavy atom. The first-order valence-corrected chi connectivity index (χ1v) is 9.79. The molecule has 2 aliphatic heterocycles. The Morgan fingerprint density at radius 2 is 1.90 bits per heavy atom. The quantitative estimate of drug-likeness (QED) is 0.812. The number of fused-ring (bicyclic) bond motifs is 1. The van der Waals surface area contributed by atoms with Crippen molar-refractivity contribution in [3.63, 3.8) is 0 Å². The van der Waals surface area contributed by atoms with E-state index in [1.54, 1.807) is 6.07 Å². The summed E-state index contributed by atoms with van der Waals surface area (Å²) in [5.74, 6) is 1.24.